The predicted molar refractivity (Wildman–Crippen MR) is 145 cm³/mol. The fourth-order valence-corrected chi connectivity index (χ4v) is 5.02. The molecule has 1 aliphatic rings. The van der Waals surface area contributed by atoms with Crippen molar-refractivity contribution in [3.05, 3.63) is 107 Å². The summed E-state index contributed by atoms with van der Waals surface area (Å²) in [6, 6.07) is 25.2. The zero-order valence-corrected chi connectivity index (χ0v) is 21.9. The first-order valence-electron chi connectivity index (χ1n) is 12.8. The Labute approximate surface area is 219 Å². The van der Waals surface area contributed by atoms with E-state index < -0.39 is 5.54 Å². The number of benzene rings is 3. The third kappa shape index (κ3) is 6.08. The third-order valence-electron chi connectivity index (χ3n) is 7.24. The third-order valence-corrected chi connectivity index (χ3v) is 7.24. The fourth-order valence-electron chi connectivity index (χ4n) is 5.02. The molecule has 0 saturated carbocycles. The molecule has 3 aromatic carbocycles. The van der Waals surface area contributed by atoms with E-state index in [9.17, 15) is 14.4 Å². The summed E-state index contributed by atoms with van der Waals surface area (Å²) in [6.45, 7) is 7.05. The van der Waals surface area contributed by atoms with E-state index >= 15 is 0 Å². The van der Waals surface area contributed by atoms with E-state index in [1.54, 1.807) is 16.7 Å². The Morgan fingerprint density at radius 2 is 1.49 bits per heavy atom. The first-order chi connectivity index (χ1) is 17.8. The highest BCUT2D eigenvalue weighted by atomic mass is 16.2. The molecule has 6 heteroatoms. The average Bonchev–Trinajstić information content (AvgIpc) is 2.91. The van der Waals surface area contributed by atoms with Gasteiger partial charge in [0, 0.05) is 38.7 Å². The highest BCUT2D eigenvalue weighted by Crippen LogP contribution is 2.33. The van der Waals surface area contributed by atoms with Gasteiger partial charge in [-0.05, 0) is 49.9 Å². The van der Waals surface area contributed by atoms with Crippen LogP contribution in [0.2, 0.25) is 0 Å². The summed E-state index contributed by atoms with van der Waals surface area (Å²) >= 11 is 0. The van der Waals surface area contributed by atoms with Crippen molar-refractivity contribution in [1.82, 2.24) is 15.1 Å². The van der Waals surface area contributed by atoms with Crippen molar-refractivity contribution >= 4 is 17.7 Å². The number of carbonyl (C=O) groups excluding carboxylic acids is 3. The Balaban J connectivity index is 1.73. The molecular weight excluding hydrogens is 462 g/mol. The maximum atomic E-state index is 14.1. The maximum Gasteiger partial charge on any atom is 0.255 e. The minimum Gasteiger partial charge on any atom is -0.350 e. The van der Waals surface area contributed by atoms with Gasteiger partial charge >= 0.3 is 0 Å². The molecule has 1 aliphatic heterocycles. The van der Waals surface area contributed by atoms with Crippen LogP contribution in [0, 0.1) is 13.8 Å². The molecule has 1 saturated heterocycles. The van der Waals surface area contributed by atoms with E-state index in [0.717, 1.165) is 22.3 Å². The first kappa shape index (κ1) is 26.1. The van der Waals surface area contributed by atoms with Crippen LogP contribution in [0.1, 0.15) is 52.4 Å². The molecule has 0 radical (unpaired) electrons. The number of amides is 3. The van der Waals surface area contributed by atoms with Gasteiger partial charge in [-0.15, -0.1) is 0 Å². The van der Waals surface area contributed by atoms with Crippen molar-refractivity contribution in [2.24, 2.45) is 0 Å². The zero-order valence-electron chi connectivity index (χ0n) is 21.9. The summed E-state index contributed by atoms with van der Waals surface area (Å²) in [5.41, 5.74) is 3.56. The average molecular weight is 498 g/mol. The number of nitrogens with one attached hydrogen (secondary N) is 1. The van der Waals surface area contributed by atoms with Crippen LogP contribution < -0.4 is 5.32 Å². The van der Waals surface area contributed by atoms with E-state index in [1.165, 1.54) is 0 Å². The minimum atomic E-state index is -1.09. The summed E-state index contributed by atoms with van der Waals surface area (Å²) in [7, 11) is 0. The van der Waals surface area contributed by atoms with Gasteiger partial charge < -0.3 is 15.1 Å². The molecule has 0 bridgehead atoms. The van der Waals surface area contributed by atoms with E-state index in [-0.39, 0.29) is 17.7 Å². The molecule has 0 atom stereocenters. The van der Waals surface area contributed by atoms with Gasteiger partial charge in [-0.25, -0.2) is 0 Å². The molecule has 1 fully saturated rings. The van der Waals surface area contributed by atoms with Gasteiger partial charge in [0.15, 0.2) is 0 Å². The number of nitrogens with zero attached hydrogens (tertiary/aromatic N) is 2. The Kier molecular flexibility index (Phi) is 8.07. The predicted octanol–water partition coefficient (Wildman–Crippen LogP) is 4.64. The Bertz CT molecular complexity index is 1250. The van der Waals surface area contributed by atoms with E-state index in [0.29, 0.717) is 44.6 Å². The molecule has 6 nitrogen and oxygen atoms in total. The summed E-state index contributed by atoms with van der Waals surface area (Å²) in [6.07, 6.45) is 0.743. The first-order valence-corrected chi connectivity index (χ1v) is 12.8. The summed E-state index contributed by atoms with van der Waals surface area (Å²) < 4.78 is 0. The van der Waals surface area contributed by atoms with Crippen molar-refractivity contribution in [2.45, 2.75) is 52.2 Å². The summed E-state index contributed by atoms with van der Waals surface area (Å²) in [5, 5.41) is 3.11. The SMILES string of the molecule is CC(=O)N1CCC(C(=O)NCc2ccccc2)(N(Cc2cccc(C)c2)C(=O)c2ccc(C)cc2)CC1. The molecule has 0 spiro atoms. The normalized spacial score (nSPS) is 14.6. The molecular formula is C31H35N3O3. The molecule has 1 heterocycles. The van der Waals surface area contributed by atoms with Crippen LogP contribution in [0.25, 0.3) is 0 Å². The number of piperidine rings is 1. The van der Waals surface area contributed by atoms with Crippen LogP contribution in [0.3, 0.4) is 0 Å². The lowest BCUT2D eigenvalue weighted by Crippen LogP contribution is -2.64. The Morgan fingerprint density at radius 1 is 0.838 bits per heavy atom. The second-order valence-electron chi connectivity index (χ2n) is 9.95. The second-order valence-corrected chi connectivity index (χ2v) is 9.95. The minimum absolute atomic E-state index is 0.0200. The Morgan fingerprint density at radius 3 is 2.11 bits per heavy atom. The molecule has 0 aromatic heterocycles. The van der Waals surface area contributed by atoms with Gasteiger partial charge in [0.25, 0.3) is 5.91 Å². The van der Waals surface area contributed by atoms with Crippen molar-refractivity contribution in [3.63, 3.8) is 0 Å². The van der Waals surface area contributed by atoms with Gasteiger partial charge in [0.05, 0.1) is 0 Å². The van der Waals surface area contributed by atoms with E-state index in [2.05, 4.69) is 11.4 Å². The van der Waals surface area contributed by atoms with Crippen LogP contribution in [0.5, 0.6) is 0 Å². The van der Waals surface area contributed by atoms with Crippen molar-refractivity contribution < 1.29 is 14.4 Å². The quantitative estimate of drug-likeness (QED) is 0.517. The van der Waals surface area contributed by atoms with Crippen LogP contribution in [-0.4, -0.2) is 46.1 Å². The summed E-state index contributed by atoms with van der Waals surface area (Å²) in [5.74, 6) is -0.395. The smallest absolute Gasteiger partial charge is 0.255 e. The molecule has 37 heavy (non-hydrogen) atoms. The van der Waals surface area contributed by atoms with Crippen molar-refractivity contribution in [1.29, 1.82) is 0 Å². The second kappa shape index (κ2) is 11.4. The van der Waals surface area contributed by atoms with Crippen LogP contribution >= 0.6 is 0 Å². The standard InChI is InChI=1S/C31H35N3O3/c1-23-12-14-28(15-13-23)29(36)34(22-27-11-7-8-24(2)20-27)31(16-18-33(19-17-31)25(3)35)30(37)32-21-26-9-5-4-6-10-26/h4-15,20H,16-19,21-22H2,1-3H3,(H,32,37). The van der Waals surface area contributed by atoms with Gasteiger partial charge in [-0.2, -0.15) is 0 Å². The van der Waals surface area contributed by atoms with Crippen molar-refractivity contribution in [2.75, 3.05) is 13.1 Å². The lowest BCUT2D eigenvalue weighted by molar-refractivity contribution is -0.141. The summed E-state index contributed by atoms with van der Waals surface area (Å²) in [4.78, 5) is 43.8. The number of likely N-dealkylation sites (tertiary alicyclic amines) is 1. The van der Waals surface area contributed by atoms with Crippen molar-refractivity contribution in [3.8, 4) is 0 Å². The monoisotopic (exact) mass is 497 g/mol. The lowest BCUT2D eigenvalue weighted by atomic mass is 9.83. The van der Waals surface area contributed by atoms with Crippen LogP contribution in [0.15, 0.2) is 78.9 Å². The molecule has 0 aliphatic carbocycles. The highest BCUT2D eigenvalue weighted by Gasteiger charge is 2.48. The molecule has 3 amide bonds. The largest absolute Gasteiger partial charge is 0.350 e. The number of carbonyl (C=O) groups is 3. The van der Waals surface area contributed by atoms with Gasteiger partial charge in [-0.3, -0.25) is 14.4 Å². The van der Waals surface area contributed by atoms with Crippen LogP contribution in [-0.2, 0) is 22.7 Å². The van der Waals surface area contributed by atoms with Gasteiger partial charge in [0.1, 0.15) is 5.54 Å². The lowest BCUT2D eigenvalue weighted by Gasteiger charge is -2.47. The topological polar surface area (TPSA) is 69.7 Å². The highest BCUT2D eigenvalue weighted by molar-refractivity contribution is 5.99. The van der Waals surface area contributed by atoms with E-state index in [1.807, 2.05) is 86.6 Å². The fraction of sp³-hybridized carbons (Fsp3) is 0.323. The number of hydrogen-bond donors (Lipinski definition) is 1. The molecule has 1 N–H and O–H groups in total. The number of rotatable bonds is 7. The maximum absolute atomic E-state index is 14.1. The molecule has 4 rings (SSSR count). The van der Waals surface area contributed by atoms with Crippen LogP contribution in [0.4, 0.5) is 0 Å². The molecule has 192 valence electrons. The zero-order chi connectivity index (χ0) is 26.4. The molecule has 0 unspecified atom stereocenters. The number of hydrogen-bond acceptors (Lipinski definition) is 3. The van der Waals surface area contributed by atoms with Gasteiger partial charge in [-0.1, -0.05) is 77.9 Å². The van der Waals surface area contributed by atoms with Gasteiger partial charge in [0.2, 0.25) is 11.8 Å². The number of aryl methyl sites for hydroxylation is 2. The van der Waals surface area contributed by atoms with E-state index in [4.69, 9.17) is 0 Å². The molecule has 3 aromatic rings. The Hall–Kier alpha value is -3.93.